The highest BCUT2D eigenvalue weighted by Crippen LogP contribution is 2.34. The molecule has 0 saturated carbocycles. The van der Waals surface area contributed by atoms with Gasteiger partial charge < -0.3 is 19.9 Å². The number of benzene rings is 1. The summed E-state index contributed by atoms with van der Waals surface area (Å²) in [6.07, 6.45) is 3.65. The van der Waals surface area contributed by atoms with Crippen LogP contribution >= 0.6 is 0 Å². The summed E-state index contributed by atoms with van der Waals surface area (Å²) in [5.74, 6) is 1.02. The smallest absolute Gasteiger partial charge is 0.304 e. The monoisotopic (exact) mass is 497 g/mol. The second kappa shape index (κ2) is 11.1. The van der Waals surface area contributed by atoms with E-state index >= 15 is 4.39 Å². The van der Waals surface area contributed by atoms with Crippen LogP contribution in [-0.4, -0.2) is 72.6 Å². The van der Waals surface area contributed by atoms with Crippen LogP contribution in [0.5, 0.6) is 5.75 Å². The van der Waals surface area contributed by atoms with Gasteiger partial charge in [0.1, 0.15) is 17.2 Å². The number of carboxylic acids is 1. The van der Waals surface area contributed by atoms with Crippen molar-refractivity contribution in [1.29, 1.82) is 0 Å². The molecule has 1 unspecified atom stereocenters. The molecule has 0 bridgehead atoms. The minimum absolute atomic E-state index is 0.00174. The van der Waals surface area contributed by atoms with Crippen molar-refractivity contribution in [2.24, 2.45) is 5.92 Å². The van der Waals surface area contributed by atoms with Gasteiger partial charge in [-0.3, -0.25) is 9.69 Å². The number of hydrogen-bond donors (Lipinski definition) is 2. The van der Waals surface area contributed by atoms with Gasteiger partial charge in [-0.05, 0) is 61.4 Å². The molecular weight excluding hydrogens is 461 g/mol. The number of nitrogens with zero attached hydrogens (tertiary/aromatic N) is 2. The van der Waals surface area contributed by atoms with E-state index in [1.54, 1.807) is 0 Å². The van der Waals surface area contributed by atoms with E-state index in [1.165, 1.54) is 5.56 Å². The fourth-order valence-electron chi connectivity index (χ4n) is 5.40. The van der Waals surface area contributed by atoms with E-state index < -0.39 is 11.6 Å². The molecule has 1 aromatic carbocycles. The number of nitrogens with one attached hydrogen (secondary N) is 1. The summed E-state index contributed by atoms with van der Waals surface area (Å²) in [6.45, 7) is 4.44. The molecule has 0 radical (unpaired) electrons. The lowest BCUT2D eigenvalue weighted by atomic mass is 9.94. The Morgan fingerprint density at radius 3 is 3.03 bits per heavy atom. The van der Waals surface area contributed by atoms with Crippen molar-refractivity contribution < 1.29 is 23.8 Å². The summed E-state index contributed by atoms with van der Waals surface area (Å²) in [4.78, 5) is 18.4. The van der Waals surface area contributed by atoms with Crippen molar-refractivity contribution in [3.63, 3.8) is 0 Å². The first kappa shape index (κ1) is 25.0. The lowest BCUT2D eigenvalue weighted by molar-refractivity contribution is -0.137. The van der Waals surface area contributed by atoms with Crippen LogP contribution in [0.4, 0.5) is 10.2 Å². The Balaban J connectivity index is 1.18. The molecule has 36 heavy (non-hydrogen) atoms. The molecule has 2 saturated heterocycles. The molecule has 5 rings (SSSR count). The molecule has 0 aliphatic carbocycles. The standard InChI is InChI=1S/C28H36FN3O4/c29-28(9-8-24-7-6-21-4-2-11-30-27(21)31-24)10-12-32(19-28)15-23(14-26(33)34)22-3-1-5-25(13-22)36-18-20-16-35-17-20/h1,3,5-7,13,20,23H,2,4,8-12,14-19H2,(H,30,31)(H,33,34)/t23?,28-/m0/s1. The predicted octanol–water partition coefficient (Wildman–Crippen LogP) is 4.07. The van der Waals surface area contributed by atoms with E-state index in [0.29, 0.717) is 51.4 Å². The Bertz CT molecular complexity index is 1060. The molecule has 4 heterocycles. The Kier molecular flexibility index (Phi) is 7.72. The number of carbonyl (C=O) groups is 1. The molecule has 0 spiro atoms. The number of aryl methyl sites for hydroxylation is 2. The number of alkyl halides is 1. The third kappa shape index (κ3) is 6.34. The van der Waals surface area contributed by atoms with Crippen LogP contribution in [0.15, 0.2) is 36.4 Å². The molecule has 2 atom stereocenters. The van der Waals surface area contributed by atoms with E-state index in [9.17, 15) is 9.90 Å². The van der Waals surface area contributed by atoms with Crippen LogP contribution in [0.2, 0.25) is 0 Å². The van der Waals surface area contributed by atoms with Gasteiger partial charge in [0.15, 0.2) is 0 Å². The maximum Gasteiger partial charge on any atom is 0.304 e. The largest absolute Gasteiger partial charge is 0.493 e. The first-order valence-electron chi connectivity index (χ1n) is 13.1. The van der Waals surface area contributed by atoms with E-state index in [-0.39, 0.29) is 12.3 Å². The van der Waals surface area contributed by atoms with Gasteiger partial charge in [-0.15, -0.1) is 0 Å². The fraction of sp³-hybridized carbons (Fsp3) is 0.571. The highest BCUT2D eigenvalue weighted by Gasteiger charge is 2.39. The molecule has 194 valence electrons. The van der Waals surface area contributed by atoms with Crippen molar-refractivity contribution in [3.8, 4) is 5.75 Å². The van der Waals surface area contributed by atoms with Gasteiger partial charge in [-0.2, -0.15) is 0 Å². The van der Waals surface area contributed by atoms with E-state index in [0.717, 1.165) is 55.4 Å². The van der Waals surface area contributed by atoms with Crippen molar-refractivity contribution >= 4 is 11.8 Å². The van der Waals surface area contributed by atoms with Crippen molar-refractivity contribution in [2.45, 2.75) is 50.1 Å². The Morgan fingerprint density at radius 2 is 2.22 bits per heavy atom. The zero-order chi connectivity index (χ0) is 25.0. The molecule has 0 amide bonds. The minimum atomic E-state index is -1.28. The Morgan fingerprint density at radius 1 is 1.33 bits per heavy atom. The second-order valence-corrected chi connectivity index (χ2v) is 10.6. The van der Waals surface area contributed by atoms with Gasteiger partial charge in [-0.1, -0.05) is 18.2 Å². The summed E-state index contributed by atoms with van der Waals surface area (Å²) >= 11 is 0. The predicted molar refractivity (Wildman–Crippen MR) is 136 cm³/mol. The lowest BCUT2D eigenvalue weighted by Gasteiger charge is -2.27. The summed E-state index contributed by atoms with van der Waals surface area (Å²) < 4.78 is 26.9. The normalized spacial score (nSPS) is 22.9. The van der Waals surface area contributed by atoms with Crippen LogP contribution < -0.4 is 10.1 Å². The number of pyridine rings is 1. The third-order valence-corrected chi connectivity index (χ3v) is 7.59. The first-order valence-corrected chi connectivity index (χ1v) is 13.1. The number of carboxylic acid groups (broad SMARTS) is 1. The van der Waals surface area contributed by atoms with Gasteiger partial charge in [0.25, 0.3) is 0 Å². The number of aliphatic carboxylic acids is 1. The van der Waals surface area contributed by atoms with Gasteiger partial charge >= 0.3 is 5.97 Å². The molecule has 3 aliphatic heterocycles. The van der Waals surface area contributed by atoms with Gasteiger partial charge in [0, 0.05) is 43.7 Å². The topological polar surface area (TPSA) is 83.9 Å². The second-order valence-electron chi connectivity index (χ2n) is 10.6. The average Bonchev–Trinajstić information content (AvgIpc) is 3.22. The van der Waals surface area contributed by atoms with Crippen LogP contribution in [0, 0.1) is 5.92 Å². The summed E-state index contributed by atoms with van der Waals surface area (Å²) in [7, 11) is 0. The molecule has 2 aromatic rings. The Hall–Kier alpha value is -2.71. The number of halogens is 1. The van der Waals surface area contributed by atoms with Crippen LogP contribution in [0.25, 0.3) is 0 Å². The van der Waals surface area contributed by atoms with E-state index in [2.05, 4.69) is 16.3 Å². The summed E-state index contributed by atoms with van der Waals surface area (Å²) in [5.41, 5.74) is 1.80. The number of fused-ring (bicyclic) bond motifs is 1. The lowest BCUT2D eigenvalue weighted by Crippen LogP contribution is -2.33. The number of hydrogen-bond acceptors (Lipinski definition) is 6. The Labute approximate surface area is 212 Å². The van der Waals surface area contributed by atoms with Crippen LogP contribution in [-0.2, 0) is 22.4 Å². The number of rotatable bonds is 11. The molecular formula is C28H36FN3O4. The van der Waals surface area contributed by atoms with Crippen LogP contribution in [0.3, 0.4) is 0 Å². The number of likely N-dealkylation sites (tertiary alicyclic amines) is 1. The zero-order valence-electron chi connectivity index (χ0n) is 20.8. The molecule has 2 N–H and O–H groups in total. The maximum atomic E-state index is 15.8. The van der Waals surface area contributed by atoms with Gasteiger partial charge in [0.05, 0.1) is 26.2 Å². The maximum absolute atomic E-state index is 15.8. The van der Waals surface area contributed by atoms with Crippen LogP contribution in [0.1, 0.15) is 48.4 Å². The highest BCUT2D eigenvalue weighted by molar-refractivity contribution is 5.68. The molecule has 1 aromatic heterocycles. The average molecular weight is 498 g/mol. The summed E-state index contributed by atoms with van der Waals surface area (Å²) in [6, 6.07) is 11.8. The number of anilines is 1. The van der Waals surface area contributed by atoms with Gasteiger partial charge in [0.2, 0.25) is 0 Å². The number of ether oxygens (including phenoxy) is 2. The minimum Gasteiger partial charge on any atom is -0.493 e. The van der Waals surface area contributed by atoms with E-state index in [4.69, 9.17) is 14.5 Å². The van der Waals surface area contributed by atoms with E-state index in [1.807, 2.05) is 30.3 Å². The molecule has 7 nitrogen and oxygen atoms in total. The summed E-state index contributed by atoms with van der Waals surface area (Å²) in [5, 5.41) is 12.9. The fourth-order valence-corrected chi connectivity index (χ4v) is 5.40. The van der Waals surface area contributed by atoms with Crippen molar-refractivity contribution in [1.82, 2.24) is 9.88 Å². The first-order chi connectivity index (χ1) is 17.5. The number of aromatic nitrogens is 1. The SMILES string of the molecule is O=C(O)CC(CN1CC[C@@](F)(CCc2ccc3c(n2)NCCC3)C1)c1cccc(OCC2COC2)c1. The molecule has 2 fully saturated rings. The highest BCUT2D eigenvalue weighted by atomic mass is 19.1. The van der Waals surface area contributed by atoms with Gasteiger partial charge in [-0.25, -0.2) is 9.37 Å². The zero-order valence-corrected chi connectivity index (χ0v) is 20.8. The molecule has 8 heteroatoms. The molecule has 3 aliphatic rings. The third-order valence-electron chi connectivity index (χ3n) is 7.59. The van der Waals surface area contributed by atoms with Crippen molar-refractivity contribution in [3.05, 3.63) is 53.2 Å². The van der Waals surface area contributed by atoms with Crippen molar-refractivity contribution in [2.75, 3.05) is 51.3 Å². The quantitative estimate of drug-likeness (QED) is 0.484.